The Morgan fingerprint density at radius 2 is 2.05 bits per heavy atom. The lowest BCUT2D eigenvalue weighted by molar-refractivity contribution is -0.208. The summed E-state index contributed by atoms with van der Waals surface area (Å²) in [5.74, 6) is 0.0149. The molecule has 0 bridgehead atoms. The summed E-state index contributed by atoms with van der Waals surface area (Å²) in [7, 11) is 0. The lowest BCUT2D eigenvalue weighted by Crippen LogP contribution is -2.77. The molecule has 1 spiro atoms. The average Bonchev–Trinajstić information content (AvgIpc) is 2.88. The molecule has 6 nitrogen and oxygen atoms in total. The van der Waals surface area contributed by atoms with Crippen LogP contribution in [0.3, 0.4) is 0 Å². The zero-order valence-electron chi connectivity index (χ0n) is 13.4. The number of hydrogen-bond acceptors (Lipinski definition) is 4. The lowest BCUT2D eigenvalue weighted by Gasteiger charge is -2.54. The van der Waals surface area contributed by atoms with Crippen LogP contribution in [0.5, 0.6) is 0 Å². The van der Waals surface area contributed by atoms with Crippen molar-refractivity contribution in [2.24, 2.45) is 0 Å². The molecule has 2 amide bonds. The van der Waals surface area contributed by atoms with E-state index in [1.807, 2.05) is 34.6 Å². The number of fused-ring (bicyclic) bond motifs is 2. The molecular formula is C15H24N2O4. The van der Waals surface area contributed by atoms with Gasteiger partial charge in [-0.15, -0.1) is 0 Å². The maximum atomic E-state index is 12.6. The van der Waals surface area contributed by atoms with E-state index in [4.69, 9.17) is 9.47 Å². The first-order valence-corrected chi connectivity index (χ1v) is 7.56. The molecule has 6 heteroatoms. The van der Waals surface area contributed by atoms with Crippen molar-refractivity contribution in [2.45, 2.75) is 70.4 Å². The second-order valence-electron chi connectivity index (χ2n) is 7.81. The van der Waals surface area contributed by atoms with Gasteiger partial charge < -0.3 is 14.4 Å². The molecule has 0 aromatic carbocycles. The zero-order chi connectivity index (χ0) is 15.6. The molecule has 0 aromatic rings. The van der Waals surface area contributed by atoms with E-state index >= 15 is 0 Å². The quantitative estimate of drug-likeness (QED) is 0.639. The number of carbonyl (C=O) groups is 2. The standard InChI is InChI=1S/C15H24N2O4/c1-13(2,3)21-12(19)16-9-14(4,5)17-10(16)15(11(17)18)7-6-8-20-15/h10H,6-9H2,1-5H3/t10-,15+/m1/s1. The fourth-order valence-electron chi connectivity index (χ4n) is 3.66. The van der Waals surface area contributed by atoms with Crippen LogP contribution >= 0.6 is 0 Å². The van der Waals surface area contributed by atoms with Crippen molar-refractivity contribution >= 4 is 12.0 Å². The van der Waals surface area contributed by atoms with Gasteiger partial charge in [-0.05, 0) is 47.5 Å². The second-order valence-corrected chi connectivity index (χ2v) is 7.81. The van der Waals surface area contributed by atoms with Crippen LogP contribution in [0.25, 0.3) is 0 Å². The first kappa shape index (κ1) is 14.6. The highest BCUT2D eigenvalue weighted by molar-refractivity contribution is 5.96. The van der Waals surface area contributed by atoms with Crippen LogP contribution in [0.15, 0.2) is 0 Å². The summed E-state index contributed by atoms with van der Waals surface area (Å²) in [6, 6.07) is 0. The molecule has 3 fully saturated rings. The summed E-state index contributed by atoms with van der Waals surface area (Å²) >= 11 is 0. The van der Waals surface area contributed by atoms with Crippen molar-refractivity contribution in [1.29, 1.82) is 0 Å². The largest absolute Gasteiger partial charge is 0.444 e. The monoisotopic (exact) mass is 296 g/mol. The first-order valence-electron chi connectivity index (χ1n) is 7.56. The average molecular weight is 296 g/mol. The van der Waals surface area contributed by atoms with Gasteiger partial charge in [-0.25, -0.2) is 4.79 Å². The summed E-state index contributed by atoms with van der Waals surface area (Å²) in [5, 5.41) is 0. The van der Waals surface area contributed by atoms with Crippen LogP contribution in [0, 0.1) is 0 Å². The van der Waals surface area contributed by atoms with Gasteiger partial charge in [0.15, 0.2) is 5.60 Å². The van der Waals surface area contributed by atoms with Gasteiger partial charge in [0.1, 0.15) is 11.8 Å². The van der Waals surface area contributed by atoms with Crippen molar-refractivity contribution in [3.63, 3.8) is 0 Å². The van der Waals surface area contributed by atoms with Crippen molar-refractivity contribution in [3.05, 3.63) is 0 Å². The van der Waals surface area contributed by atoms with Crippen molar-refractivity contribution in [1.82, 2.24) is 9.80 Å². The number of amides is 2. The number of carbonyl (C=O) groups excluding carboxylic acids is 2. The van der Waals surface area contributed by atoms with E-state index in [9.17, 15) is 9.59 Å². The molecule has 3 heterocycles. The van der Waals surface area contributed by atoms with E-state index < -0.39 is 11.2 Å². The van der Waals surface area contributed by atoms with Crippen molar-refractivity contribution in [2.75, 3.05) is 13.2 Å². The highest BCUT2D eigenvalue weighted by atomic mass is 16.6. The summed E-state index contributed by atoms with van der Waals surface area (Å²) in [5.41, 5.74) is -1.76. The maximum Gasteiger partial charge on any atom is 0.412 e. The van der Waals surface area contributed by atoms with Crippen molar-refractivity contribution in [3.8, 4) is 0 Å². The van der Waals surface area contributed by atoms with E-state index in [1.165, 1.54) is 0 Å². The van der Waals surface area contributed by atoms with E-state index in [-0.39, 0.29) is 23.7 Å². The predicted molar refractivity (Wildman–Crippen MR) is 75.6 cm³/mol. The Labute approximate surface area is 125 Å². The van der Waals surface area contributed by atoms with Gasteiger partial charge in [0.25, 0.3) is 5.91 Å². The Balaban J connectivity index is 1.88. The molecule has 3 aliphatic rings. The molecule has 3 aliphatic heterocycles. The molecule has 0 N–H and O–H groups in total. The summed E-state index contributed by atoms with van der Waals surface area (Å²) < 4.78 is 11.3. The van der Waals surface area contributed by atoms with Gasteiger partial charge in [-0.2, -0.15) is 0 Å². The van der Waals surface area contributed by atoms with Gasteiger partial charge in [0.2, 0.25) is 0 Å². The highest BCUT2D eigenvalue weighted by Crippen LogP contribution is 2.51. The number of ether oxygens (including phenoxy) is 2. The van der Waals surface area contributed by atoms with Crippen LogP contribution in [0.4, 0.5) is 4.79 Å². The van der Waals surface area contributed by atoms with E-state index in [1.54, 1.807) is 9.80 Å². The number of β-lactam (4-membered cyclic amide) rings is 1. The third-order valence-corrected chi connectivity index (χ3v) is 4.43. The van der Waals surface area contributed by atoms with Crippen LogP contribution in [0.2, 0.25) is 0 Å². The van der Waals surface area contributed by atoms with Crippen LogP contribution in [-0.2, 0) is 14.3 Å². The highest BCUT2D eigenvalue weighted by Gasteiger charge is 2.73. The SMILES string of the molecule is CC(C)(C)OC(=O)N1CC(C)(C)N2C(=O)[C@]3(CCCO3)[C@H]12. The summed E-state index contributed by atoms with van der Waals surface area (Å²) in [6.45, 7) is 10.5. The second kappa shape index (κ2) is 4.12. The molecule has 2 atom stereocenters. The predicted octanol–water partition coefficient (Wildman–Crippen LogP) is 1.73. The molecule has 0 unspecified atom stereocenters. The number of hydrogen-bond donors (Lipinski definition) is 0. The molecular weight excluding hydrogens is 272 g/mol. The number of nitrogens with zero attached hydrogens (tertiary/aromatic N) is 2. The van der Waals surface area contributed by atoms with Crippen LogP contribution in [0.1, 0.15) is 47.5 Å². The molecule has 0 aliphatic carbocycles. The Morgan fingerprint density at radius 3 is 2.57 bits per heavy atom. The van der Waals surface area contributed by atoms with E-state index in [2.05, 4.69) is 0 Å². The minimum absolute atomic E-state index is 0.0149. The van der Waals surface area contributed by atoms with Gasteiger partial charge in [0.05, 0.1) is 5.54 Å². The van der Waals surface area contributed by atoms with Gasteiger partial charge >= 0.3 is 6.09 Å². The van der Waals surface area contributed by atoms with Crippen molar-refractivity contribution < 1.29 is 19.1 Å². The Morgan fingerprint density at radius 1 is 1.38 bits per heavy atom. The molecule has 3 rings (SSSR count). The molecule has 0 radical (unpaired) electrons. The van der Waals surface area contributed by atoms with Crippen LogP contribution < -0.4 is 0 Å². The fourth-order valence-corrected chi connectivity index (χ4v) is 3.66. The van der Waals surface area contributed by atoms with E-state index in [0.717, 1.165) is 6.42 Å². The Bertz CT molecular complexity index is 488. The third kappa shape index (κ3) is 1.95. The van der Waals surface area contributed by atoms with E-state index in [0.29, 0.717) is 19.6 Å². The van der Waals surface area contributed by atoms with Gasteiger partial charge in [0, 0.05) is 13.2 Å². The topological polar surface area (TPSA) is 59.1 Å². The Hall–Kier alpha value is -1.30. The molecule has 0 saturated carbocycles. The summed E-state index contributed by atoms with van der Waals surface area (Å²) in [6.07, 6.45) is 0.851. The minimum atomic E-state index is -0.829. The first-order chi connectivity index (χ1) is 9.58. The molecule has 3 saturated heterocycles. The normalized spacial score (nSPS) is 34.1. The fraction of sp³-hybridized carbons (Fsp3) is 0.867. The van der Waals surface area contributed by atoms with Gasteiger partial charge in [-0.3, -0.25) is 9.69 Å². The molecule has 21 heavy (non-hydrogen) atoms. The summed E-state index contributed by atoms with van der Waals surface area (Å²) in [4.78, 5) is 28.5. The van der Waals surface area contributed by atoms with Crippen LogP contribution in [-0.4, -0.2) is 57.9 Å². The Kier molecular flexibility index (Phi) is 2.87. The molecule has 118 valence electrons. The smallest absolute Gasteiger partial charge is 0.412 e. The molecule has 0 aromatic heterocycles. The zero-order valence-corrected chi connectivity index (χ0v) is 13.4. The number of rotatable bonds is 0. The lowest BCUT2D eigenvalue weighted by atomic mass is 9.83. The maximum absolute atomic E-state index is 12.6. The van der Waals surface area contributed by atoms with Gasteiger partial charge in [-0.1, -0.05) is 0 Å². The minimum Gasteiger partial charge on any atom is -0.444 e. The third-order valence-electron chi connectivity index (χ3n) is 4.43.